The summed E-state index contributed by atoms with van der Waals surface area (Å²) in [5, 5.41) is 0. The number of hydrogen-bond acceptors (Lipinski definition) is 1. The molecule has 3 heteroatoms. The Balaban J connectivity index is 1.79. The Bertz CT molecular complexity index is 923. The van der Waals surface area contributed by atoms with E-state index in [2.05, 4.69) is 60.0 Å². The number of unbranched alkanes of at least 4 members (excludes halogenated alkanes) is 2. The fraction of sp³-hybridized carbons (Fsp3) is 0.346. The van der Waals surface area contributed by atoms with Gasteiger partial charge in [0.1, 0.15) is 0 Å². The predicted octanol–water partition coefficient (Wildman–Crippen LogP) is 5.93. The van der Waals surface area contributed by atoms with Crippen molar-refractivity contribution in [2.45, 2.75) is 58.9 Å². The summed E-state index contributed by atoms with van der Waals surface area (Å²) in [6.07, 6.45) is 6.89. The fourth-order valence-corrected chi connectivity index (χ4v) is 3.93. The topological polar surface area (TPSA) is 48.0 Å². The molecule has 1 amide bonds. The van der Waals surface area contributed by atoms with E-state index < -0.39 is 0 Å². The van der Waals surface area contributed by atoms with E-state index in [1.165, 1.54) is 30.4 Å². The molecule has 0 atom stereocenters. The molecule has 3 nitrogen and oxygen atoms in total. The zero-order valence-electron chi connectivity index (χ0n) is 17.7. The average Bonchev–Trinajstić information content (AvgIpc) is 3.06. The van der Waals surface area contributed by atoms with Crippen molar-refractivity contribution in [2.75, 3.05) is 0 Å². The number of primary amides is 1. The Kier molecular flexibility index (Phi) is 7.29. The van der Waals surface area contributed by atoms with Crippen LogP contribution in [0.2, 0.25) is 0 Å². The van der Waals surface area contributed by atoms with Crippen LogP contribution in [0.1, 0.15) is 59.8 Å². The smallest absolute Gasteiger partial charge is 0.250 e. The SMILES string of the molecule is CCCCCc1ccc(-c2cc(C(N)=O)c(C)n2CCCc2ccccc2)cc1. The molecule has 0 saturated carbocycles. The van der Waals surface area contributed by atoms with Gasteiger partial charge in [0.05, 0.1) is 5.56 Å². The van der Waals surface area contributed by atoms with Gasteiger partial charge in [0.2, 0.25) is 0 Å². The van der Waals surface area contributed by atoms with Crippen molar-refractivity contribution in [1.29, 1.82) is 0 Å². The number of hydrogen-bond donors (Lipinski definition) is 1. The van der Waals surface area contributed by atoms with E-state index in [1.807, 2.05) is 19.1 Å². The first-order valence-corrected chi connectivity index (χ1v) is 10.7. The number of aryl methyl sites for hydroxylation is 2. The number of nitrogens with zero attached hydrogens (tertiary/aromatic N) is 1. The van der Waals surface area contributed by atoms with Gasteiger partial charge in [-0.05, 0) is 55.4 Å². The third-order valence-electron chi connectivity index (χ3n) is 5.64. The molecular formula is C26H32N2O. The molecule has 3 aromatic rings. The molecule has 2 aromatic carbocycles. The lowest BCUT2D eigenvalue weighted by atomic mass is 10.0. The Morgan fingerprint density at radius 3 is 2.21 bits per heavy atom. The fourth-order valence-electron chi connectivity index (χ4n) is 3.93. The molecule has 0 radical (unpaired) electrons. The molecule has 0 spiro atoms. The van der Waals surface area contributed by atoms with Gasteiger partial charge in [-0.2, -0.15) is 0 Å². The van der Waals surface area contributed by atoms with Gasteiger partial charge in [-0.3, -0.25) is 4.79 Å². The number of amides is 1. The minimum atomic E-state index is -0.359. The summed E-state index contributed by atoms with van der Waals surface area (Å²) in [5.74, 6) is -0.359. The normalized spacial score (nSPS) is 11.0. The lowest BCUT2D eigenvalue weighted by Gasteiger charge is -2.13. The van der Waals surface area contributed by atoms with Crippen LogP contribution in [-0.2, 0) is 19.4 Å². The summed E-state index contributed by atoms with van der Waals surface area (Å²) in [6.45, 7) is 5.08. The summed E-state index contributed by atoms with van der Waals surface area (Å²) in [5.41, 5.74) is 12.1. The summed E-state index contributed by atoms with van der Waals surface area (Å²) in [6, 6.07) is 21.3. The van der Waals surface area contributed by atoms with Crippen LogP contribution >= 0.6 is 0 Å². The lowest BCUT2D eigenvalue weighted by Crippen LogP contribution is -2.12. The first kappa shape index (κ1) is 20.9. The maximum atomic E-state index is 11.9. The maximum absolute atomic E-state index is 11.9. The largest absolute Gasteiger partial charge is 0.366 e. The minimum absolute atomic E-state index is 0.359. The van der Waals surface area contributed by atoms with Crippen molar-refractivity contribution in [3.8, 4) is 11.3 Å². The van der Waals surface area contributed by atoms with E-state index in [0.717, 1.165) is 42.8 Å². The summed E-state index contributed by atoms with van der Waals surface area (Å²) < 4.78 is 2.25. The predicted molar refractivity (Wildman–Crippen MR) is 121 cm³/mol. The highest BCUT2D eigenvalue weighted by Gasteiger charge is 2.16. The number of carbonyl (C=O) groups excluding carboxylic acids is 1. The van der Waals surface area contributed by atoms with Gasteiger partial charge in [0.15, 0.2) is 0 Å². The third kappa shape index (κ3) is 5.38. The van der Waals surface area contributed by atoms with Gasteiger partial charge >= 0.3 is 0 Å². The van der Waals surface area contributed by atoms with E-state index in [9.17, 15) is 4.79 Å². The van der Waals surface area contributed by atoms with E-state index >= 15 is 0 Å². The van der Waals surface area contributed by atoms with Gasteiger partial charge in [0.25, 0.3) is 5.91 Å². The first-order valence-electron chi connectivity index (χ1n) is 10.7. The highest BCUT2D eigenvalue weighted by atomic mass is 16.1. The zero-order chi connectivity index (χ0) is 20.6. The number of rotatable bonds is 10. The van der Waals surface area contributed by atoms with Crippen molar-refractivity contribution in [2.24, 2.45) is 5.73 Å². The molecule has 152 valence electrons. The van der Waals surface area contributed by atoms with Crippen LogP contribution in [0.25, 0.3) is 11.3 Å². The van der Waals surface area contributed by atoms with Gasteiger partial charge in [-0.25, -0.2) is 0 Å². The number of benzene rings is 2. The van der Waals surface area contributed by atoms with E-state index in [-0.39, 0.29) is 5.91 Å². The van der Waals surface area contributed by atoms with E-state index in [0.29, 0.717) is 5.56 Å². The Hall–Kier alpha value is -2.81. The Morgan fingerprint density at radius 2 is 1.55 bits per heavy atom. The van der Waals surface area contributed by atoms with Crippen LogP contribution in [0.3, 0.4) is 0 Å². The third-order valence-corrected chi connectivity index (χ3v) is 5.64. The minimum Gasteiger partial charge on any atom is -0.366 e. The number of aromatic nitrogens is 1. The molecule has 0 aliphatic rings. The molecule has 2 N–H and O–H groups in total. The molecule has 0 aliphatic carbocycles. The number of nitrogens with two attached hydrogens (primary N) is 1. The molecule has 1 heterocycles. The molecule has 3 rings (SSSR count). The molecule has 29 heavy (non-hydrogen) atoms. The Morgan fingerprint density at radius 1 is 0.897 bits per heavy atom. The molecule has 0 unspecified atom stereocenters. The highest BCUT2D eigenvalue weighted by Crippen LogP contribution is 2.27. The molecule has 1 aromatic heterocycles. The van der Waals surface area contributed by atoms with Crippen LogP contribution in [0, 0.1) is 6.92 Å². The maximum Gasteiger partial charge on any atom is 0.250 e. The van der Waals surface area contributed by atoms with Gasteiger partial charge in [-0.1, -0.05) is 74.4 Å². The lowest BCUT2D eigenvalue weighted by molar-refractivity contribution is 0.0999. The van der Waals surface area contributed by atoms with E-state index in [4.69, 9.17) is 5.73 Å². The van der Waals surface area contributed by atoms with Crippen LogP contribution in [-0.4, -0.2) is 10.5 Å². The van der Waals surface area contributed by atoms with Gasteiger partial charge in [0, 0.05) is 17.9 Å². The van der Waals surface area contributed by atoms with Crippen molar-refractivity contribution >= 4 is 5.91 Å². The zero-order valence-corrected chi connectivity index (χ0v) is 17.7. The van der Waals surface area contributed by atoms with Gasteiger partial charge in [-0.15, -0.1) is 0 Å². The quantitative estimate of drug-likeness (QED) is 0.430. The van der Waals surface area contributed by atoms with E-state index in [1.54, 1.807) is 0 Å². The molecule has 0 saturated heterocycles. The second kappa shape index (κ2) is 10.1. The van der Waals surface area contributed by atoms with Crippen molar-refractivity contribution < 1.29 is 4.79 Å². The molecule has 0 fully saturated rings. The van der Waals surface area contributed by atoms with Crippen LogP contribution in [0.5, 0.6) is 0 Å². The number of carbonyl (C=O) groups is 1. The first-order chi connectivity index (χ1) is 14.1. The summed E-state index contributed by atoms with van der Waals surface area (Å²) in [7, 11) is 0. The standard InChI is InChI=1S/C26H32N2O/c1-3-4-6-10-22-14-16-23(17-15-22)25-19-24(26(27)29)20(2)28(25)18-9-13-21-11-7-5-8-12-21/h5,7-8,11-12,14-17,19H,3-4,6,9-10,13,18H2,1-2H3,(H2,27,29). The van der Waals surface area contributed by atoms with Crippen LogP contribution in [0.15, 0.2) is 60.7 Å². The summed E-state index contributed by atoms with van der Waals surface area (Å²) in [4.78, 5) is 11.9. The van der Waals surface area contributed by atoms with Crippen LogP contribution in [0.4, 0.5) is 0 Å². The van der Waals surface area contributed by atoms with Crippen molar-refractivity contribution in [3.63, 3.8) is 0 Å². The monoisotopic (exact) mass is 388 g/mol. The van der Waals surface area contributed by atoms with Gasteiger partial charge < -0.3 is 10.3 Å². The highest BCUT2D eigenvalue weighted by molar-refractivity contribution is 5.95. The second-order valence-electron chi connectivity index (χ2n) is 7.79. The summed E-state index contributed by atoms with van der Waals surface area (Å²) >= 11 is 0. The van der Waals surface area contributed by atoms with Crippen LogP contribution < -0.4 is 5.73 Å². The average molecular weight is 389 g/mol. The molecule has 0 aliphatic heterocycles. The molecule has 0 bridgehead atoms. The Labute approximate surface area is 174 Å². The molecular weight excluding hydrogens is 356 g/mol. The second-order valence-corrected chi connectivity index (χ2v) is 7.79. The van der Waals surface area contributed by atoms with Crippen molar-refractivity contribution in [1.82, 2.24) is 4.57 Å². The van der Waals surface area contributed by atoms with Crippen molar-refractivity contribution in [3.05, 3.63) is 83.0 Å².